The smallest absolute Gasteiger partial charge is 0.259 e. The predicted octanol–water partition coefficient (Wildman–Crippen LogP) is 3.08. The second-order valence-electron chi connectivity index (χ2n) is 6.73. The van der Waals surface area contributed by atoms with Gasteiger partial charge in [0, 0.05) is 19.8 Å². The zero-order valence-corrected chi connectivity index (χ0v) is 18.1. The van der Waals surface area contributed by atoms with Crippen LogP contribution in [-0.4, -0.2) is 49.1 Å². The van der Waals surface area contributed by atoms with Crippen molar-refractivity contribution in [2.45, 2.75) is 18.7 Å². The van der Waals surface area contributed by atoms with E-state index in [1.54, 1.807) is 24.6 Å². The second-order valence-corrected chi connectivity index (χ2v) is 8.85. The lowest BCUT2D eigenvalue weighted by molar-refractivity contribution is 0.102. The fraction of sp³-hybridized carbons (Fsp3) is 0.238. The summed E-state index contributed by atoms with van der Waals surface area (Å²) in [5.41, 5.74) is 2.25. The first-order valence-electron chi connectivity index (χ1n) is 9.36. The van der Waals surface area contributed by atoms with Crippen molar-refractivity contribution in [1.29, 1.82) is 0 Å². The van der Waals surface area contributed by atoms with E-state index in [4.69, 9.17) is 4.74 Å². The van der Waals surface area contributed by atoms with Crippen LogP contribution < -0.4 is 10.1 Å². The molecule has 0 aliphatic heterocycles. The molecule has 3 rings (SSSR count). The number of carbonyl (C=O) groups is 1. The second kappa shape index (κ2) is 8.68. The van der Waals surface area contributed by atoms with Gasteiger partial charge in [0.2, 0.25) is 10.0 Å². The van der Waals surface area contributed by atoms with Crippen molar-refractivity contribution in [2.24, 2.45) is 0 Å². The van der Waals surface area contributed by atoms with Crippen LogP contribution in [0.2, 0.25) is 0 Å². The summed E-state index contributed by atoms with van der Waals surface area (Å²) in [6.07, 6.45) is 1.49. The Hall–Kier alpha value is -3.17. The average Bonchev–Trinajstić information content (AvgIpc) is 3.11. The molecule has 1 aromatic heterocycles. The van der Waals surface area contributed by atoms with Crippen LogP contribution >= 0.6 is 0 Å². The van der Waals surface area contributed by atoms with E-state index in [2.05, 4.69) is 10.4 Å². The van der Waals surface area contributed by atoms with Crippen molar-refractivity contribution in [3.8, 4) is 11.4 Å². The highest BCUT2D eigenvalue weighted by molar-refractivity contribution is 7.89. The van der Waals surface area contributed by atoms with Gasteiger partial charge in [-0.05, 0) is 44.2 Å². The van der Waals surface area contributed by atoms with Gasteiger partial charge in [0.15, 0.2) is 0 Å². The van der Waals surface area contributed by atoms with Crippen LogP contribution in [0, 0.1) is 6.92 Å². The molecule has 0 saturated carbocycles. The highest BCUT2D eigenvalue weighted by Gasteiger charge is 2.24. The van der Waals surface area contributed by atoms with Gasteiger partial charge in [0.25, 0.3) is 5.91 Å². The molecule has 0 aliphatic carbocycles. The summed E-state index contributed by atoms with van der Waals surface area (Å²) >= 11 is 0. The summed E-state index contributed by atoms with van der Waals surface area (Å²) in [4.78, 5) is 12.8. The molecule has 1 amide bonds. The van der Waals surface area contributed by atoms with Crippen molar-refractivity contribution < 1.29 is 17.9 Å². The summed E-state index contributed by atoms with van der Waals surface area (Å²) in [6, 6.07) is 14.0. The van der Waals surface area contributed by atoms with Crippen LogP contribution in [0.3, 0.4) is 0 Å². The summed E-state index contributed by atoms with van der Waals surface area (Å²) in [7, 11) is -0.868. The van der Waals surface area contributed by atoms with Gasteiger partial charge in [-0.15, -0.1) is 0 Å². The fourth-order valence-corrected chi connectivity index (χ4v) is 3.97. The van der Waals surface area contributed by atoms with E-state index in [1.807, 2.05) is 30.3 Å². The van der Waals surface area contributed by atoms with E-state index in [0.29, 0.717) is 23.6 Å². The van der Waals surface area contributed by atoms with E-state index in [0.717, 1.165) is 9.99 Å². The number of benzene rings is 2. The first-order chi connectivity index (χ1) is 14.3. The Morgan fingerprint density at radius 1 is 1.17 bits per heavy atom. The molecule has 9 heteroatoms. The summed E-state index contributed by atoms with van der Waals surface area (Å²) in [5.74, 6) is -0.149. The number of hydrogen-bond donors (Lipinski definition) is 1. The van der Waals surface area contributed by atoms with Crippen LogP contribution in [0.4, 0.5) is 5.69 Å². The third-order valence-corrected chi connectivity index (χ3v) is 6.35. The normalized spacial score (nSPS) is 11.5. The third-order valence-electron chi connectivity index (χ3n) is 4.52. The maximum atomic E-state index is 12.8. The molecule has 0 atom stereocenters. The predicted molar refractivity (Wildman–Crippen MR) is 115 cm³/mol. The molecular weight excluding hydrogens is 404 g/mol. The number of hydrogen-bond acceptors (Lipinski definition) is 5. The first-order valence-corrected chi connectivity index (χ1v) is 10.8. The fourth-order valence-electron chi connectivity index (χ4n) is 2.92. The van der Waals surface area contributed by atoms with Crippen LogP contribution in [-0.2, 0) is 10.0 Å². The molecule has 158 valence electrons. The van der Waals surface area contributed by atoms with E-state index in [1.165, 1.54) is 32.4 Å². The Kier molecular flexibility index (Phi) is 6.23. The molecule has 0 saturated heterocycles. The number of rotatable bonds is 7. The number of sulfonamides is 1. The Morgan fingerprint density at radius 2 is 1.87 bits per heavy atom. The van der Waals surface area contributed by atoms with Gasteiger partial charge in [-0.25, -0.2) is 17.4 Å². The maximum Gasteiger partial charge on any atom is 0.259 e. The lowest BCUT2D eigenvalue weighted by Gasteiger charge is -2.16. The zero-order chi connectivity index (χ0) is 21.9. The molecular formula is C21H24N4O4S. The molecule has 0 bridgehead atoms. The van der Waals surface area contributed by atoms with Crippen LogP contribution in [0.15, 0.2) is 59.6 Å². The Balaban J connectivity index is 1.92. The van der Waals surface area contributed by atoms with Crippen molar-refractivity contribution in [3.05, 3.63) is 66.0 Å². The lowest BCUT2D eigenvalue weighted by atomic mass is 10.2. The minimum Gasteiger partial charge on any atom is -0.492 e. The molecule has 8 nitrogen and oxygen atoms in total. The number of aromatic nitrogens is 2. The Labute approximate surface area is 176 Å². The molecule has 0 unspecified atom stereocenters. The lowest BCUT2D eigenvalue weighted by Crippen LogP contribution is -2.23. The number of para-hydroxylation sites is 1. The van der Waals surface area contributed by atoms with Crippen LogP contribution in [0.25, 0.3) is 5.69 Å². The molecule has 3 aromatic rings. The highest BCUT2D eigenvalue weighted by atomic mass is 32.2. The minimum atomic E-state index is -3.75. The minimum absolute atomic E-state index is 0.0103. The number of carbonyl (C=O) groups excluding carboxylic acids is 1. The molecule has 0 radical (unpaired) electrons. The van der Waals surface area contributed by atoms with Gasteiger partial charge in [-0.3, -0.25) is 4.79 Å². The molecule has 1 heterocycles. The molecule has 1 N–H and O–H groups in total. The van der Waals surface area contributed by atoms with Crippen LogP contribution in [0.1, 0.15) is 23.0 Å². The van der Waals surface area contributed by atoms with E-state index in [-0.39, 0.29) is 16.6 Å². The topological polar surface area (TPSA) is 93.5 Å². The number of ether oxygens (including phenoxy) is 1. The quantitative estimate of drug-likeness (QED) is 0.624. The van der Waals surface area contributed by atoms with Crippen molar-refractivity contribution in [2.75, 3.05) is 26.0 Å². The molecule has 30 heavy (non-hydrogen) atoms. The van der Waals surface area contributed by atoms with Gasteiger partial charge in [-0.2, -0.15) is 5.10 Å². The van der Waals surface area contributed by atoms with E-state index < -0.39 is 10.0 Å². The zero-order valence-electron chi connectivity index (χ0n) is 17.3. The Bertz CT molecular complexity index is 1160. The first kappa shape index (κ1) is 21.5. The van der Waals surface area contributed by atoms with Gasteiger partial charge < -0.3 is 10.1 Å². The van der Waals surface area contributed by atoms with E-state index in [9.17, 15) is 13.2 Å². The van der Waals surface area contributed by atoms with Crippen molar-refractivity contribution in [3.63, 3.8) is 0 Å². The van der Waals surface area contributed by atoms with Crippen LogP contribution in [0.5, 0.6) is 5.75 Å². The number of nitrogens with one attached hydrogen (secondary N) is 1. The largest absolute Gasteiger partial charge is 0.492 e. The Morgan fingerprint density at radius 3 is 2.50 bits per heavy atom. The van der Waals surface area contributed by atoms with Crippen molar-refractivity contribution >= 4 is 21.6 Å². The number of nitrogens with zero attached hydrogens (tertiary/aromatic N) is 3. The van der Waals surface area contributed by atoms with Gasteiger partial charge in [0.1, 0.15) is 10.6 Å². The standard InChI is InChI=1S/C21H24N4O4S/c1-5-29-19-12-11-16(13-20(19)30(27,28)24(3)4)23-21(26)18-14-22-25(15(18)2)17-9-7-6-8-10-17/h6-14H,5H2,1-4H3,(H,23,26). The molecule has 0 fully saturated rings. The highest BCUT2D eigenvalue weighted by Crippen LogP contribution is 2.29. The average molecular weight is 429 g/mol. The van der Waals surface area contributed by atoms with Crippen molar-refractivity contribution in [1.82, 2.24) is 14.1 Å². The summed E-state index contributed by atoms with van der Waals surface area (Å²) in [6.45, 7) is 3.89. The number of amides is 1. The van der Waals surface area contributed by atoms with Gasteiger partial charge in [-0.1, -0.05) is 18.2 Å². The van der Waals surface area contributed by atoms with Gasteiger partial charge in [0.05, 0.1) is 29.7 Å². The third kappa shape index (κ3) is 4.22. The maximum absolute atomic E-state index is 12.8. The molecule has 0 aliphatic rings. The SMILES string of the molecule is CCOc1ccc(NC(=O)c2cnn(-c3ccccc3)c2C)cc1S(=O)(=O)N(C)C. The molecule has 2 aromatic carbocycles. The monoisotopic (exact) mass is 428 g/mol. The number of anilines is 1. The summed E-state index contributed by atoms with van der Waals surface area (Å²) < 4.78 is 33.6. The van der Waals surface area contributed by atoms with Gasteiger partial charge >= 0.3 is 0 Å². The molecule has 0 spiro atoms. The summed E-state index contributed by atoms with van der Waals surface area (Å²) in [5, 5.41) is 7.05. The van der Waals surface area contributed by atoms with E-state index >= 15 is 0 Å².